The number of sulfonamides is 1. The molecule has 1 unspecified atom stereocenters. The maximum absolute atomic E-state index is 13.1. The molecule has 0 saturated carbocycles. The Morgan fingerprint density at radius 1 is 1.45 bits per heavy atom. The van der Waals surface area contributed by atoms with Gasteiger partial charge in [0.25, 0.3) is 0 Å². The van der Waals surface area contributed by atoms with Gasteiger partial charge < -0.3 is 5.73 Å². The number of aromatic nitrogens is 1. The monoisotopic (exact) mass is 315 g/mol. The molecule has 3 N–H and O–H groups in total. The van der Waals surface area contributed by atoms with Crippen molar-refractivity contribution in [2.24, 2.45) is 0 Å². The number of nitrogens with two attached hydrogens (primary N) is 1. The smallest absolute Gasteiger partial charge is 0.241 e. The zero-order chi connectivity index (χ0) is 14.9. The van der Waals surface area contributed by atoms with Crippen LogP contribution in [0.4, 0.5) is 10.1 Å². The van der Waals surface area contributed by atoms with E-state index >= 15 is 0 Å². The predicted octanol–water partition coefficient (Wildman–Crippen LogP) is 2.21. The molecule has 20 heavy (non-hydrogen) atoms. The molecular weight excluding hydrogens is 301 g/mol. The number of hydrogen-bond donors (Lipinski definition) is 2. The van der Waals surface area contributed by atoms with Crippen molar-refractivity contribution in [1.82, 2.24) is 9.71 Å². The summed E-state index contributed by atoms with van der Waals surface area (Å²) in [5.74, 6) is -0.646. The average Bonchev–Trinajstić information content (AvgIpc) is 2.79. The predicted molar refractivity (Wildman–Crippen MR) is 76.4 cm³/mol. The fourth-order valence-corrected chi connectivity index (χ4v) is 3.71. The van der Waals surface area contributed by atoms with Gasteiger partial charge in [0.15, 0.2) is 0 Å². The molecule has 1 heterocycles. The Labute approximate surface area is 120 Å². The van der Waals surface area contributed by atoms with Crippen molar-refractivity contribution in [3.05, 3.63) is 40.1 Å². The quantitative estimate of drug-likeness (QED) is 0.847. The van der Waals surface area contributed by atoms with Crippen LogP contribution in [0.3, 0.4) is 0 Å². The van der Waals surface area contributed by atoms with Crippen LogP contribution < -0.4 is 10.5 Å². The first-order valence-electron chi connectivity index (χ1n) is 5.79. The minimum Gasteiger partial charge on any atom is -0.396 e. The van der Waals surface area contributed by atoms with E-state index in [1.165, 1.54) is 17.4 Å². The number of halogens is 1. The summed E-state index contributed by atoms with van der Waals surface area (Å²) in [6.45, 7) is 3.59. The highest BCUT2D eigenvalue weighted by atomic mass is 32.2. The Morgan fingerprint density at radius 3 is 2.70 bits per heavy atom. The number of nitrogens with one attached hydrogen (secondary N) is 1. The van der Waals surface area contributed by atoms with Gasteiger partial charge in [-0.3, -0.25) is 0 Å². The van der Waals surface area contributed by atoms with Crippen molar-refractivity contribution in [3.8, 4) is 0 Å². The molecule has 1 atom stereocenters. The molecule has 2 rings (SSSR count). The number of hydrogen-bond acceptors (Lipinski definition) is 5. The Bertz CT molecular complexity index is 728. The summed E-state index contributed by atoms with van der Waals surface area (Å²) in [4.78, 5) is 5.06. The van der Waals surface area contributed by atoms with Crippen molar-refractivity contribution >= 4 is 27.0 Å². The van der Waals surface area contributed by atoms with Gasteiger partial charge in [0.1, 0.15) is 10.8 Å². The highest BCUT2D eigenvalue weighted by Crippen LogP contribution is 2.22. The van der Waals surface area contributed by atoms with Gasteiger partial charge >= 0.3 is 0 Å². The summed E-state index contributed by atoms with van der Waals surface area (Å²) in [7, 11) is -3.77. The standard InChI is InChI=1S/C12H14FN3O2S2/c1-7-6-15-12(19-7)8(2)16-20(17,18)9-3-4-10(13)11(14)5-9/h3-6,8,16H,14H2,1-2H3. The first-order chi connectivity index (χ1) is 9.29. The lowest BCUT2D eigenvalue weighted by atomic mass is 10.3. The van der Waals surface area contributed by atoms with E-state index in [1.807, 2.05) is 6.92 Å². The third-order valence-corrected chi connectivity index (χ3v) is 5.25. The molecule has 0 aliphatic heterocycles. The molecule has 8 heteroatoms. The lowest BCUT2D eigenvalue weighted by Gasteiger charge is -2.12. The van der Waals surface area contributed by atoms with Crippen molar-refractivity contribution in [2.45, 2.75) is 24.8 Å². The number of anilines is 1. The van der Waals surface area contributed by atoms with Crippen LogP contribution in [-0.4, -0.2) is 13.4 Å². The molecule has 0 fully saturated rings. The highest BCUT2D eigenvalue weighted by Gasteiger charge is 2.20. The van der Waals surface area contributed by atoms with Crippen molar-refractivity contribution in [3.63, 3.8) is 0 Å². The molecule has 0 aliphatic rings. The molecule has 0 radical (unpaired) electrons. The molecule has 5 nitrogen and oxygen atoms in total. The number of rotatable bonds is 4. The maximum atomic E-state index is 13.1. The van der Waals surface area contributed by atoms with E-state index < -0.39 is 21.9 Å². The van der Waals surface area contributed by atoms with E-state index in [1.54, 1.807) is 13.1 Å². The number of benzene rings is 1. The Morgan fingerprint density at radius 2 is 2.15 bits per heavy atom. The largest absolute Gasteiger partial charge is 0.396 e. The van der Waals surface area contributed by atoms with Crippen LogP contribution in [0.15, 0.2) is 29.3 Å². The molecule has 2 aromatic rings. The summed E-state index contributed by atoms with van der Waals surface area (Å²) in [6, 6.07) is 2.83. The first kappa shape index (κ1) is 14.9. The van der Waals surface area contributed by atoms with Gasteiger partial charge in [0.2, 0.25) is 10.0 Å². The number of nitrogen functional groups attached to an aromatic ring is 1. The van der Waals surface area contributed by atoms with E-state index in [2.05, 4.69) is 9.71 Å². The molecule has 0 bridgehead atoms. The number of thiazole rings is 1. The Balaban J connectivity index is 2.24. The molecule has 0 saturated heterocycles. The van der Waals surface area contributed by atoms with Crippen LogP contribution in [0.1, 0.15) is 22.9 Å². The van der Waals surface area contributed by atoms with Crippen molar-refractivity contribution in [1.29, 1.82) is 0 Å². The minimum atomic E-state index is -3.77. The molecule has 0 spiro atoms. The van der Waals surface area contributed by atoms with E-state index in [9.17, 15) is 12.8 Å². The molecular formula is C12H14FN3O2S2. The average molecular weight is 315 g/mol. The van der Waals surface area contributed by atoms with Gasteiger partial charge in [-0.05, 0) is 32.0 Å². The zero-order valence-corrected chi connectivity index (χ0v) is 12.6. The summed E-state index contributed by atoms with van der Waals surface area (Å²) in [5, 5.41) is 0.668. The summed E-state index contributed by atoms with van der Waals surface area (Å²) >= 11 is 1.41. The van der Waals surface area contributed by atoms with E-state index in [0.29, 0.717) is 5.01 Å². The van der Waals surface area contributed by atoms with Gasteiger partial charge in [0.05, 0.1) is 16.6 Å². The van der Waals surface area contributed by atoms with E-state index in [4.69, 9.17) is 5.73 Å². The SMILES string of the molecule is Cc1cnc(C(C)NS(=O)(=O)c2ccc(F)c(N)c2)s1. The number of nitrogens with zero attached hydrogens (tertiary/aromatic N) is 1. The Kier molecular flexibility index (Phi) is 4.07. The van der Waals surface area contributed by atoms with E-state index in [-0.39, 0.29) is 10.6 Å². The second-order valence-electron chi connectivity index (χ2n) is 4.34. The number of aryl methyl sites for hydroxylation is 1. The van der Waals surface area contributed by atoms with Crippen LogP contribution in [-0.2, 0) is 10.0 Å². The summed E-state index contributed by atoms with van der Waals surface area (Å²) in [6.07, 6.45) is 1.68. The molecule has 108 valence electrons. The second kappa shape index (κ2) is 5.47. The fraction of sp³-hybridized carbons (Fsp3) is 0.250. The third kappa shape index (κ3) is 3.14. The van der Waals surface area contributed by atoms with Crippen LogP contribution in [0.5, 0.6) is 0 Å². The van der Waals surface area contributed by atoms with Crippen LogP contribution in [0.2, 0.25) is 0 Å². The highest BCUT2D eigenvalue weighted by molar-refractivity contribution is 7.89. The van der Waals surface area contributed by atoms with Gasteiger partial charge in [0, 0.05) is 11.1 Å². The molecule has 0 aliphatic carbocycles. The van der Waals surface area contributed by atoms with Crippen molar-refractivity contribution in [2.75, 3.05) is 5.73 Å². The second-order valence-corrected chi connectivity index (χ2v) is 7.32. The lowest BCUT2D eigenvalue weighted by Crippen LogP contribution is -2.27. The van der Waals surface area contributed by atoms with Crippen LogP contribution >= 0.6 is 11.3 Å². The van der Waals surface area contributed by atoms with Gasteiger partial charge in [-0.15, -0.1) is 11.3 Å². The zero-order valence-electron chi connectivity index (χ0n) is 10.9. The third-order valence-electron chi connectivity index (χ3n) is 2.62. The molecule has 0 amide bonds. The summed E-state index contributed by atoms with van der Waals surface area (Å²) < 4.78 is 39.9. The lowest BCUT2D eigenvalue weighted by molar-refractivity contribution is 0.566. The normalized spacial score (nSPS) is 13.3. The van der Waals surface area contributed by atoms with Crippen LogP contribution in [0.25, 0.3) is 0 Å². The van der Waals surface area contributed by atoms with Crippen LogP contribution in [0, 0.1) is 12.7 Å². The van der Waals surface area contributed by atoms with E-state index in [0.717, 1.165) is 17.0 Å². The molecule has 1 aromatic carbocycles. The Hall–Kier alpha value is -1.51. The summed E-state index contributed by atoms with van der Waals surface area (Å²) in [5.41, 5.74) is 5.18. The van der Waals surface area contributed by atoms with Crippen molar-refractivity contribution < 1.29 is 12.8 Å². The van der Waals surface area contributed by atoms with Gasteiger partial charge in [-0.2, -0.15) is 0 Å². The topological polar surface area (TPSA) is 85.1 Å². The minimum absolute atomic E-state index is 0.0727. The first-order valence-corrected chi connectivity index (χ1v) is 8.09. The fourth-order valence-electron chi connectivity index (χ4n) is 1.61. The maximum Gasteiger partial charge on any atom is 0.241 e. The van der Waals surface area contributed by atoms with Gasteiger partial charge in [-0.1, -0.05) is 0 Å². The molecule has 1 aromatic heterocycles. The van der Waals surface area contributed by atoms with Gasteiger partial charge in [-0.25, -0.2) is 22.5 Å².